The molecule has 0 radical (unpaired) electrons. The van der Waals surface area contributed by atoms with Crippen LogP contribution in [0.25, 0.3) is 0 Å². The molecular formula is C7H13IO2Zn. The Morgan fingerprint density at radius 3 is 2.36 bits per heavy atom. The first-order valence-electron chi connectivity index (χ1n) is 3.52. The average molecular weight is 321 g/mol. The zero-order valence-electron chi connectivity index (χ0n) is 7.10. The van der Waals surface area contributed by atoms with E-state index in [0.29, 0.717) is 6.61 Å². The van der Waals surface area contributed by atoms with Gasteiger partial charge in [-0.1, -0.05) is 0 Å². The Hall–Kier alpha value is 1.27. The van der Waals surface area contributed by atoms with Gasteiger partial charge in [0.05, 0.1) is 12.7 Å². The Morgan fingerprint density at radius 1 is 1.64 bits per heavy atom. The van der Waals surface area contributed by atoms with Gasteiger partial charge in [-0.25, -0.2) is 0 Å². The van der Waals surface area contributed by atoms with Gasteiger partial charge in [-0.05, 0) is 13.8 Å². The van der Waals surface area contributed by atoms with Gasteiger partial charge in [0, 0.05) is 0 Å². The summed E-state index contributed by atoms with van der Waals surface area (Å²) in [6.07, 6.45) is 1.00. The monoisotopic (exact) mass is 320 g/mol. The van der Waals surface area contributed by atoms with E-state index in [1.807, 2.05) is 13.8 Å². The van der Waals surface area contributed by atoms with Crippen LogP contribution < -0.4 is 0 Å². The normalized spacial score (nSPS) is 27.6. The second kappa shape index (κ2) is 5.84. The van der Waals surface area contributed by atoms with E-state index in [0.717, 1.165) is 6.42 Å². The van der Waals surface area contributed by atoms with Crippen molar-refractivity contribution in [3.63, 3.8) is 0 Å². The Labute approximate surface area is 89.3 Å². The van der Waals surface area contributed by atoms with Crippen molar-refractivity contribution in [1.82, 2.24) is 0 Å². The van der Waals surface area contributed by atoms with Gasteiger partial charge in [0.15, 0.2) is 5.79 Å². The molecule has 4 heteroatoms. The van der Waals surface area contributed by atoms with Crippen molar-refractivity contribution in [2.45, 2.75) is 32.2 Å². The van der Waals surface area contributed by atoms with Gasteiger partial charge in [0.2, 0.25) is 0 Å². The quantitative estimate of drug-likeness (QED) is 0.419. The molecule has 0 bridgehead atoms. The summed E-state index contributed by atoms with van der Waals surface area (Å²) in [4.78, 5) is 0. The first-order valence-corrected chi connectivity index (χ1v) is 12.6. The Kier molecular flexibility index (Phi) is 6.52. The Balaban J connectivity index is 0.000000461. The van der Waals surface area contributed by atoms with Crippen LogP contribution in [0.1, 0.15) is 20.3 Å². The summed E-state index contributed by atoms with van der Waals surface area (Å²) in [5, 5.41) is 0. The van der Waals surface area contributed by atoms with Crippen molar-refractivity contribution in [3.05, 3.63) is 6.92 Å². The summed E-state index contributed by atoms with van der Waals surface area (Å²) >= 11 is 3.62. The molecule has 62 valence electrons. The van der Waals surface area contributed by atoms with Crippen molar-refractivity contribution in [2.75, 3.05) is 6.61 Å². The first-order chi connectivity index (χ1) is 5.14. The fourth-order valence-corrected chi connectivity index (χ4v) is 0.905. The molecule has 0 aromatic carbocycles. The Bertz CT molecular complexity index is 109. The molecule has 1 atom stereocenters. The topological polar surface area (TPSA) is 18.5 Å². The third-order valence-corrected chi connectivity index (χ3v) is 1.39. The Morgan fingerprint density at radius 2 is 2.18 bits per heavy atom. The van der Waals surface area contributed by atoms with E-state index in [-0.39, 0.29) is 11.9 Å². The third kappa shape index (κ3) is 4.76. The number of rotatable bonds is 1. The third-order valence-electron chi connectivity index (χ3n) is 1.39. The van der Waals surface area contributed by atoms with Gasteiger partial charge >= 0.3 is 34.5 Å². The second-order valence-electron chi connectivity index (χ2n) is 2.74. The number of hydrogen-bond acceptors (Lipinski definition) is 2. The fourth-order valence-electron chi connectivity index (χ4n) is 0.905. The molecule has 1 fully saturated rings. The standard InChI is InChI=1S/C7H13O2.HI.Zn/c1-4-6-5-8-7(2,3)9-6;;/h6H,1,4-5H2,2-3H3;1H;/q-1;;+2/p-1. The summed E-state index contributed by atoms with van der Waals surface area (Å²) in [5.41, 5.74) is 0. The molecule has 0 saturated carbocycles. The molecule has 11 heavy (non-hydrogen) atoms. The van der Waals surface area contributed by atoms with Crippen molar-refractivity contribution in [3.8, 4) is 0 Å². The van der Waals surface area contributed by atoms with Gasteiger partial charge in [-0.2, -0.15) is 6.42 Å². The van der Waals surface area contributed by atoms with Gasteiger partial charge < -0.3 is 16.4 Å². The molecule has 1 saturated heterocycles. The minimum atomic E-state index is -0.373. The predicted molar refractivity (Wildman–Crippen MR) is 48.9 cm³/mol. The molecule has 1 unspecified atom stereocenters. The molecule has 0 aromatic rings. The van der Waals surface area contributed by atoms with Crippen LogP contribution in [0.3, 0.4) is 0 Å². The molecule has 0 aliphatic carbocycles. The first kappa shape index (κ1) is 12.3. The van der Waals surface area contributed by atoms with Crippen LogP contribution in [-0.4, -0.2) is 18.5 Å². The van der Waals surface area contributed by atoms with Crippen molar-refractivity contribution >= 4 is 19.8 Å². The van der Waals surface area contributed by atoms with E-state index in [9.17, 15) is 0 Å². The van der Waals surface area contributed by atoms with Crippen LogP contribution >= 0.6 is 19.8 Å². The molecule has 0 amide bonds. The van der Waals surface area contributed by atoms with Crippen molar-refractivity contribution in [1.29, 1.82) is 0 Å². The summed E-state index contributed by atoms with van der Waals surface area (Å²) in [5.74, 6) is -0.373. The van der Waals surface area contributed by atoms with Crippen molar-refractivity contribution in [2.24, 2.45) is 0 Å². The molecule has 1 aliphatic rings. The van der Waals surface area contributed by atoms with E-state index in [1.54, 1.807) is 0 Å². The van der Waals surface area contributed by atoms with Gasteiger partial charge in [-0.3, -0.25) is 0 Å². The molecule has 2 nitrogen and oxygen atoms in total. The number of hydrogen-bond donors (Lipinski definition) is 0. The summed E-state index contributed by atoms with van der Waals surface area (Å²) in [6, 6.07) is 0. The van der Waals surface area contributed by atoms with Crippen LogP contribution in [0.4, 0.5) is 0 Å². The maximum atomic E-state index is 5.41. The molecule has 1 aliphatic heterocycles. The van der Waals surface area contributed by atoms with Gasteiger partial charge in [0.1, 0.15) is 0 Å². The van der Waals surface area contributed by atoms with E-state index < -0.39 is 0 Å². The van der Waals surface area contributed by atoms with E-state index >= 15 is 0 Å². The van der Waals surface area contributed by atoms with Crippen molar-refractivity contribution < 1.29 is 24.3 Å². The molecule has 1 rings (SSSR count). The van der Waals surface area contributed by atoms with Gasteiger partial charge in [-0.15, -0.1) is 0 Å². The molecule has 0 spiro atoms. The van der Waals surface area contributed by atoms with Crippen LogP contribution in [-0.2, 0) is 24.3 Å². The van der Waals surface area contributed by atoms with E-state index in [2.05, 4.69) is 26.7 Å². The van der Waals surface area contributed by atoms with Crippen LogP contribution in [0.5, 0.6) is 0 Å². The zero-order chi connectivity index (χ0) is 8.91. The zero-order valence-corrected chi connectivity index (χ0v) is 12.2. The maximum absolute atomic E-state index is 5.41. The molecule has 1 heterocycles. The predicted octanol–water partition coefficient (Wildman–Crippen LogP) is 2.25. The summed E-state index contributed by atoms with van der Waals surface area (Å²) < 4.78 is 10.7. The molecular weight excluding hydrogens is 308 g/mol. The SMILES string of the molecule is [CH2-]CC1COC(C)(C)O1.[Zn+][I]. The second-order valence-corrected chi connectivity index (χ2v) is 2.74. The van der Waals surface area contributed by atoms with Gasteiger partial charge in [0.25, 0.3) is 0 Å². The van der Waals surface area contributed by atoms with E-state index in [4.69, 9.17) is 9.47 Å². The average Bonchev–Trinajstić information content (AvgIpc) is 2.34. The van der Waals surface area contributed by atoms with E-state index in [1.165, 1.54) is 14.8 Å². The minimum absolute atomic E-state index is 0.208. The summed E-state index contributed by atoms with van der Waals surface area (Å²) in [6.45, 7) is 8.26. The molecule has 0 aromatic heterocycles. The van der Waals surface area contributed by atoms with Crippen LogP contribution in [0.2, 0.25) is 0 Å². The number of ether oxygens (including phenoxy) is 2. The van der Waals surface area contributed by atoms with Crippen LogP contribution in [0.15, 0.2) is 0 Å². The van der Waals surface area contributed by atoms with Crippen LogP contribution in [0, 0.1) is 6.92 Å². The number of halogens is 1. The molecule has 0 N–H and O–H groups in total. The fraction of sp³-hybridized carbons (Fsp3) is 0.857. The summed E-state index contributed by atoms with van der Waals surface area (Å²) in [7, 11) is 0.